The minimum Gasteiger partial charge on any atom is -0.507 e. The van der Waals surface area contributed by atoms with Gasteiger partial charge in [0.25, 0.3) is 11.6 Å². The summed E-state index contributed by atoms with van der Waals surface area (Å²) in [4.78, 5) is 35.7. The molecule has 1 aliphatic heterocycles. The highest BCUT2D eigenvalue weighted by molar-refractivity contribution is 8.26. The Morgan fingerprint density at radius 1 is 1.50 bits per heavy atom. The van der Waals surface area contributed by atoms with Crippen LogP contribution in [0.3, 0.4) is 0 Å². The number of aromatic hydroxyl groups is 1. The Morgan fingerprint density at radius 2 is 2.15 bits per heavy atom. The Balaban J connectivity index is 2.42. The highest BCUT2D eigenvalue weighted by Crippen LogP contribution is 2.37. The zero-order chi connectivity index (χ0) is 19.6. The van der Waals surface area contributed by atoms with Crippen molar-refractivity contribution in [1.29, 1.82) is 0 Å². The van der Waals surface area contributed by atoms with Gasteiger partial charge in [-0.15, -0.1) is 0 Å². The molecule has 1 fully saturated rings. The lowest BCUT2D eigenvalue weighted by molar-refractivity contribution is -0.384. The number of rotatable bonds is 6. The molecule has 8 nitrogen and oxygen atoms in total. The number of thiocarbonyl (C=S) groups is 1. The van der Waals surface area contributed by atoms with Crippen LogP contribution in [-0.2, 0) is 9.59 Å². The molecule has 138 valence electrons. The van der Waals surface area contributed by atoms with Gasteiger partial charge in [-0.05, 0) is 18.1 Å². The SMILES string of the molecule is CCC(C)C(C(=O)O)N1C(=O)/C(=C/c2cc([N+](=O)[O-])ccc2O)SC1=S. The second-order valence-corrected chi connectivity index (χ2v) is 7.40. The van der Waals surface area contributed by atoms with Crippen molar-refractivity contribution < 1.29 is 24.7 Å². The van der Waals surface area contributed by atoms with E-state index in [4.69, 9.17) is 12.2 Å². The molecule has 1 aliphatic rings. The van der Waals surface area contributed by atoms with E-state index in [2.05, 4.69) is 0 Å². The summed E-state index contributed by atoms with van der Waals surface area (Å²) in [5.41, 5.74) is -0.164. The standard InChI is InChI=1S/C16H16N2O6S2/c1-3-8(2)13(15(21)22)17-14(20)12(26-16(17)25)7-9-6-10(18(23)24)4-5-11(9)19/h4-8,13,19H,3H2,1-2H3,(H,21,22)/b12-7-. The van der Waals surface area contributed by atoms with E-state index in [1.807, 2.05) is 6.92 Å². The Labute approximate surface area is 158 Å². The first-order chi connectivity index (χ1) is 12.2. The average molecular weight is 396 g/mol. The lowest BCUT2D eigenvalue weighted by Gasteiger charge is -2.27. The first-order valence-electron chi connectivity index (χ1n) is 7.64. The number of nitro benzene ring substituents is 1. The zero-order valence-corrected chi connectivity index (χ0v) is 15.5. The van der Waals surface area contributed by atoms with Gasteiger partial charge in [0.15, 0.2) is 0 Å². The molecule has 10 heteroatoms. The second kappa shape index (κ2) is 7.83. The number of non-ortho nitro benzene ring substituents is 1. The molecule has 0 aromatic heterocycles. The van der Waals surface area contributed by atoms with Crippen LogP contribution in [0.1, 0.15) is 25.8 Å². The summed E-state index contributed by atoms with van der Waals surface area (Å²) in [6, 6.07) is 2.33. The van der Waals surface area contributed by atoms with Crippen LogP contribution in [0.2, 0.25) is 0 Å². The molecule has 0 saturated carbocycles. The van der Waals surface area contributed by atoms with Crippen molar-refractivity contribution in [1.82, 2.24) is 4.90 Å². The van der Waals surface area contributed by atoms with Crippen LogP contribution < -0.4 is 0 Å². The predicted molar refractivity (Wildman–Crippen MR) is 101 cm³/mol. The number of amides is 1. The molecule has 0 bridgehead atoms. The summed E-state index contributed by atoms with van der Waals surface area (Å²) in [5.74, 6) is -2.31. The van der Waals surface area contributed by atoms with Crippen LogP contribution in [0.15, 0.2) is 23.1 Å². The van der Waals surface area contributed by atoms with E-state index >= 15 is 0 Å². The summed E-state index contributed by atoms with van der Waals surface area (Å²) in [7, 11) is 0. The van der Waals surface area contributed by atoms with Gasteiger partial charge < -0.3 is 10.2 Å². The monoisotopic (exact) mass is 396 g/mol. The first-order valence-corrected chi connectivity index (χ1v) is 8.87. The quantitative estimate of drug-likeness (QED) is 0.326. The second-order valence-electron chi connectivity index (χ2n) is 5.72. The molecule has 1 amide bonds. The molecule has 1 aromatic carbocycles. The summed E-state index contributed by atoms with van der Waals surface area (Å²) in [5, 5.41) is 30.3. The fourth-order valence-electron chi connectivity index (χ4n) is 2.46. The summed E-state index contributed by atoms with van der Waals surface area (Å²) in [6.07, 6.45) is 1.82. The van der Waals surface area contributed by atoms with Crippen LogP contribution in [0.25, 0.3) is 6.08 Å². The number of carbonyl (C=O) groups excluding carboxylic acids is 1. The number of nitro groups is 1. The molecule has 1 aromatic rings. The highest BCUT2D eigenvalue weighted by Gasteiger charge is 2.42. The van der Waals surface area contributed by atoms with Crippen LogP contribution in [0.5, 0.6) is 5.75 Å². The van der Waals surface area contributed by atoms with Gasteiger partial charge in [-0.1, -0.05) is 44.2 Å². The van der Waals surface area contributed by atoms with Crippen molar-refractivity contribution in [3.05, 3.63) is 38.8 Å². The van der Waals surface area contributed by atoms with Crippen molar-refractivity contribution >= 4 is 51.9 Å². The lowest BCUT2D eigenvalue weighted by Crippen LogP contribution is -2.47. The fourth-order valence-corrected chi connectivity index (χ4v) is 3.78. The van der Waals surface area contributed by atoms with Crippen molar-refractivity contribution in [2.24, 2.45) is 5.92 Å². The van der Waals surface area contributed by atoms with E-state index in [1.165, 1.54) is 6.08 Å². The van der Waals surface area contributed by atoms with Crippen LogP contribution in [0, 0.1) is 16.0 Å². The van der Waals surface area contributed by atoms with Crippen molar-refractivity contribution in [2.75, 3.05) is 0 Å². The Bertz CT molecular complexity index is 823. The zero-order valence-electron chi connectivity index (χ0n) is 13.9. The Hall–Kier alpha value is -2.46. The molecular formula is C16H16N2O6S2. The maximum atomic E-state index is 12.7. The van der Waals surface area contributed by atoms with Gasteiger partial charge in [0.2, 0.25) is 0 Å². The van der Waals surface area contributed by atoms with E-state index in [0.717, 1.165) is 34.9 Å². The Morgan fingerprint density at radius 3 is 2.69 bits per heavy atom. The van der Waals surface area contributed by atoms with E-state index in [9.17, 15) is 29.9 Å². The van der Waals surface area contributed by atoms with E-state index < -0.39 is 22.8 Å². The molecule has 2 N–H and O–H groups in total. The number of aliphatic carboxylic acids is 1. The average Bonchev–Trinajstić information content (AvgIpc) is 2.84. The maximum absolute atomic E-state index is 12.7. The summed E-state index contributed by atoms with van der Waals surface area (Å²) < 4.78 is 0.0962. The number of benzene rings is 1. The van der Waals surface area contributed by atoms with E-state index in [-0.39, 0.29) is 32.1 Å². The first kappa shape index (κ1) is 19.9. The minimum atomic E-state index is -1.16. The third-order valence-electron chi connectivity index (χ3n) is 4.05. The lowest BCUT2D eigenvalue weighted by atomic mass is 9.98. The van der Waals surface area contributed by atoms with Gasteiger partial charge in [-0.25, -0.2) is 4.79 Å². The number of phenolic OH excluding ortho intramolecular Hbond substituents is 1. The van der Waals surface area contributed by atoms with E-state index in [1.54, 1.807) is 6.92 Å². The third kappa shape index (κ3) is 3.86. The molecule has 2 unspecified atom stereocenters. The molecule has 0 radical (unpaired) electrons. The van der Waals surface area contributed by atoms with Gasteiger partial charge in [0.1, 0.15) is 16.1 Å². The maximum Gasteiger partial charge on any atom is 0.327 e. The number of nitrogens with zero attached hydrogens (tertiary/aromatic N) is 2. The van der Waals surface area contributed by atoms with E-state index in [0.29, 0.717) is 6.42 Å². The highest BCUT2D eigenvalue weighted by atomic mass is 32.2. The van der Waals surface area contributed by atoms with Crippen molar-refractivity contribution in [3.8, 4) is 5.75 Å². The molecule has 0 spiro atoms. The third-order valence-corrected chi connectivity index (χ3v) is 5.38. The van der Waals surface area contributed by atoms with Crippen molar-refractivity contribution in [2.45, 2.75) is 26.3 Å². The van der Waals surface area contributed by atoms with Gasteiger partial charge >= 0.3 is 5.97 Å². The predicted octanol–water partition coefficient (Wildman–Crippen LogP) is 3.00. The van der Waals surface area contributed by atoms with Crippen LogP contribution >= 0.6 is 24.0 Å². The number of phenols is 1. The normalized spacial score (nSPS) is 18.2. The van der Waals surface area contributed by atoms with Gasteiger partial charge in [0, 0.05) is 17.7 Å². The summed E-state index contributed by atoms with van der Waals surface area (Å²) in [6.45, 7) is 3.53. The number of carboxylic acids is 1. The van der Waals surface area contributed by atoms with Crippen LogP contribution in [-0.4, -0.2) is 42.3 Å². The number of hydrogen-bond acceptors (Lipinski definition) is 7. The van der Waals surface area contributed by atoms with Crippen LogP contribution in [0.4, 0.5) is 5.69 Å². The van der Waals surface area contributed by atoms with Gasteiger partial charge in [0.05, 0.1) is 9.83 Å². The molecule has 1 heterocycles. The topological polar surface area (TPSA) is 121 Å². The number of carbonyl (C=O) groups is 2. The van der Waals surface area contributed by atoms with Gasteiger partial charge in [-0.2, -0.15) is 0 Å². The molecular weight excluding hydrogens is 380 g/mol. The fraction of sp³-hybridized carbons (Fsp3) is 0.312. The van der Waals surface area contributed by atoms with Gasteiger partial charge in [-0.3, -0.25) is 19.8 Å². The minimum absolute atomic E-state index is 0.0788. The smallest absolute Gasteiger partial charge is 0.327 e. The molecule has 2 rings (SSSR count). The largest absolute Gasteiger partial charge is 0.507 e. The number of carboxylic acid groups (broad SMARTS) is 1. The van der Waals surface area contributed by atoms with Crippen molar-refractivity contribution in [3.63, 3.8) is 0 Å². The molecule has 2 atom stereocenters. The molecule has 1 saturated heterocycles. The summed E-state index contributed by atoms with van der Waals surface area (Å²) >= 11 is 6.06. The Kier molecular flexibility index (Phi) is 5.98. The number of thioether (sulfide) groups is 1. The molecule has 26 heavy (non-hydrogen) atoms. The molecule has 0 aliphatic carbocycles. The number of hydrogen-bond donors (Lipinski definition) is 2.